The lowest BCUT2D eigenvalue weighted by Gasteiger charge is -2.28. The molecule has 138 valence electrons. The molecule has 25 heavy (non-hydrogen) atoms. The van der Waals surface area contributed by atoms with E-state index in [1.54, 1.807) is 12.1 Å². The van der Waals surface area contributed by atoms with Crippen molar-refractivity contribution >= 4 is 11.9 Å². The Labute approximate surface area is 147 Å². The van der Waals surface area contributed by atoms with Gasteiger partial charge in [0.05, 0.1) is 27.2 Å². The highest BCUT2D eigenvalue weighted by Gasteiger charge is 2.31. The van der Waals surface area contributed by atoms with Gasteiger partial charge in [-0.25, -0.2) is 0 Å². The Bertz CT molecular complexity index is 605. The molecule has 1 aromatic carbocycles. The molecule has 0 bridgehead atoms. The van der Waals surface area contributed by atoms with Crippen molar-refractivity contribution < 1.29 is 28.9 Å². The average Bonchev–Trinajstić information content (AvgIpc) is 2.64. The van der Waals surface area contributed by atoms with Gasteiger partial charge in [-0.05, 0) is 30.9 Å². The minimum absolute atomic E-state index is 0.0442. The quantitative estimate of drug-likeness (QED) is 0.783. The summed E-state index contributed by atoms with van der Waals surface area (Å²) in [7, 11) is 4.46. The van der Waals surface area contributed by atoms with Gasteiger partial charge in [0.25, 0.3) is 5.91 Å². The van der Waals surface area contributed by atoms with E-state index in [1.165, 1.54) is 21.3 Å². The van der Waals surface area contributed by atoms with Crippen LogP contribution < -0.4 is 19.5 Å². The second kappa shape index (κ2) is 8.60. The number of carbonyl (C=O) groups excluding carboxylic acids is 1. The monoisotopic (exact) mass is 351 g/mol. The van der Waals surface area contributed by atoms with Crippen LogP contribution in [0.3, 0.4) is 0 Å². The van der Waals surface area contributed by atoms with Crippen molar-refractivity contribution in [3.8, 4) is 17.2 Å². The number of hydrogen-bond donors (Lipinski definition) is 2. The SMILES string of the molecule is COc1cc(C(=O)NC[C@@H]2CCCC[C@@H]2C(=O)O)cc(OC)c1OC. The van der Waals surface area contributed by atoms with Crippen LogP contribution in [0.1, 0.15) is 36.0 Å². The Balaban J connectivity index is 2.11. The standard InChI is InChI=1S/C18H25NO6/c1-23-14-8-12(9-15(24-2)16(14)25-3)17(20)19-10-11-6-4-5-7-13(11)18(21)22/h8-9,11,13H,4-7,10H2,1-3H3,(H,19,20)(H,21,22)/t11-,13-/m0/s1. The first kappa shape index (κ1) is 18.9. The summed E-state index contributed by atoms with van der Waals surface area (Å²) in [6.45, 7) is 0.340. The molecule has 0 saturated heterocycles. The number of carboxylic acids is 1. The fourth-order valence-electron chi connectivity index (χ4n) is 3.32. The van der Waals surface area contributed by atoms with Gasteiger partial charge in [0.2, 0.25) is 5.75 Å². The van der Waals surface area contributed by atoms with Crippen LogP contribution in [0.15, 0.2) is 12.1 Å². The molecule has 7 nitrogen and oxygen atoms in total. The number of ether oxygens (including phenoxy) is 3. The van der Waals surface area contributed by atoms with Crippen molar-refractivity contribution in [2.75, 3.05) is 27.9 Å². The van der Waals surface area contributed by atoms with Crippen LogP contribution in [0.2, 0.25) is 0 Å². The number of rotatable bonds is 7. The van der Waals surface area contributed by atoms with Crippen LogP contribution in [0.4, 0.5) is 0 Å². The minimum Gasteiger partial charge on any atom is -0.493 e. The highest BCUT2D eigenvalue weighted by Crippen LogP contribution is 2.38. The summed E-state index contributed by atoms with van der Waals surface area (Å²) in [5.74, 6) is -0.312. The fraction of sp³-hybridized carbons (Fsp3) is 0.556. The number of nitrogens with one attached hydrogen (secondary N) is 1. The zero-order valence-corrected chi connectivity index (χ0v) is 14.8. The van der Waals surface area contributed by atoms with Gasteiger partial charge in [0.1, 0.15) is 0 Å². The lowest BCUT2D eigenvalue weighted by Crippen LogP contribution is -2.37. The zero-order valence-electron chi connectivity index (χ0n) is 14.8. The van der Waals surface area contributed by atoms with Crippen LogP contribution >= 0.6 is 0 Å². The highest BCUT2D eigenvalue weighted by atomic mass is 16.5. The van der Waals surface area contributed by atoms with Gasteiger partial charge in [0, 0.05) is 12.1 Å². The van der Waals surface area contributed by atoms with Crippen molar-refractivity contribution in [2.45, 2.75) is 25.7 Å². The molecule has 1 amide bonds. The molecular weight excluding hydrogens is 326 g/mol. The molecule has 0 aliphatic heterocycles. The summed E-state index contributed by atoms with van der Waals surface area (Å²) in [6, 6.07) is 3.15. The van der Waals surface area contributed by atoms with Crippen LogP contribution in [-0.4, -0.2) is 44.9 Å². The lowest BCUT2D eigenvalue weighted by molar-refractivity contribution is -0.144. The van der Waals surface area contributed by atoms with Gasteiger partial charge in [-0.3, -0.25) is 9.59 Å². The average molecular weight is 351 g/mol. The van der Waals surface area contributed by atoms with Crippen LogP contribution in [-0.2, 0) is 4.79 Å². The molecule has 0 heterocycles. The maximum Gasteiger partial charge on any atom is 0.306 e. The van der Waals surface area contributed by atoms with Gasteiger partial charge in [-0.1, -0.05) is 12.8 Å². The third kappa shape index (κ3) is 4.35. The first-order chi connectivity index (χ1) is 12.0. The van der Waals surface area contributed by atoms with E-state index in [9.17, 15) is 14.7 Å². The van der Waals surface area contributed by atoms with Gasteiger partial charge >= 0.3 is 5.97 Å². The van der Waals surface area contributed by atoms with Gasteiger partial charge in [0.15, 0.2) is 11.5 Å². The third-order valence-corrected chi connectivity index (χ3v) is 4.68. The second-order valence-corrected chi connectivity index (χ2v) is 6.11. The number of carbonyl (C=O) groups is 2. The first-order valence-electron chi connectivity index (χ1n) is 8.32. The molecule has 1 aliphatic carbocycles. The largest absolute Gasteiger partial charge is 0.493 e. The summed E-state index contributed by atoms with van der Waals surface area (Å²) in [5, 5.41) is 12.2. The number of hydrogen-bond acceptors (Lipinski definition) is 5. The Hall–Kier alpha value is -2.44. The molecule has 0 radical (unpaired) electrons. The summed E-state index contributed by atoms with van der Waals surface area (Å²) in [6.07, 6.45) is 3.40. The maximum absolute atomic E-state index is 12.5. The molecular formula is C18H25NO6. The predicted octanol–water partition coefficient (Wildman–Crippen LogP) is 2.33. The molecule has 1 aromatic rings. The Morgan fingerprint density at radius 3 is 2.20 bits per heavy atom. The molecule has 7 heteroatoms. The van der Waals surface area contributed by atoms with Gasteiger partial charge in [-0.15, -0.1) is 0 Å². The fourth-order valence-corrected chi connectivity index (χ4v) is 3.32. The van der Waals surface area contributed by atoms with Crippen LogP contribution in [0.5, 0.6) is 17.2 Å². The van der Waals surface area contributed by atoms with E-state index in [-0.39, 0.29) is 11.8 Å². The first-order valence-corrected chi connectivity index (χ1v) is 8.32. The Kier molecular flexibility index (Phi) is 6.50. The van der Waals surface area contributed by atoms with Gasteiger partial charge < -0.3 is 24.6 Å². The molecule has 0 spiro atoms. The van der Waals surface area contributed by atoms with Crippen molar-refractivity contribution in [3.63, 3.8) is 0 Å². The van der Waals surface area contributed by atoms with Crippen molar-refractivity contribution in [2.24, 2.45) is 11.8 Å². The van der Waals surface area contributed by atoms with Crippen molar-refractivity contribution in [1.82, 2.24) is 5.32 Å². The zero-order chi connectivity index (χ0) is 18.4. The van der Waals surface area contributed by atoms with Crippen molar-refractivity contribution in [3.05, 3.63) is 17.7 Å². The number of amides is 1. The molecule has 1 aliphatic rings. The van der Waals surface area contributed by atoms with E-state index in [0.717, 1.165) is 19.3 Å². The van der Waals surface area contributed by atoms with Crippen LogP contribution in [0.25, 0.3) is 0 Å². The molecule has 0 aromatic heterocycles. The Morgan fingerprint density at radius 2 is 1.68 bits per heavy atom. The summed E-state index contributed by atoms with van der Waals surface area (Å²) in [5.41, 5.74) is 0.372. The smallest absolute Gasteiger partial charge is 0.306 e. The van der Waals surface area contributed by atoms with E-state index in [0.29, 0.717) is 35.8 Å². The molecule has 0 unspecified atom stereocenters. The molecule has 2 atom stereocenters. The molecule has 2 rings (SSSR count). The number of carboxylic acid groups (broad SMARTS) is 1. The van der Waals surface area contributed by atoms with E-state index in [1.807, 2.05) is 0 Å². The van der Waals surface area contributed by atoms with E-state index in [2.05, 4.69) is 5.32 Å². The topological polar surface area (TPSA) is 94.1 Å². The lowest BCUT2D eigenvalue weighted by atomic mass is 9.79. The normalized spacial score (nSPS) is 19.8. The third-order valence-electron chi connectivity index (χ3n) is 4.68. The molecule has 2 N–H and O–H groups in total. The van der Waals surface area contributed by atoms with Gasteiger partial charge in [-0.2, -0.15) is 0 Å². The van der Waals surface area contributed by atoms with Crippen LogP contribution in [0, 0.1) is 11.8 Å². The van der Waals surface area contributed by atoms with E-state index in [4.69, 9.17) is 14.2 Å². The number of methoxy groups -OCH3 is 3. The van der Waals surface area contributed by atoms with E-state index >= 15 is 0 Å². The summed E-state index contributed by atoms with van der Waals surface area (Å²) >= 11 is 0. The highest BCUT2D eigenvalue weighted by molar-refractivity contribution is 5.95. The number of benzene rings is 1. The maximum atomic E-state index is 12.5. The minimum atomic E-state index is -0.785. The predicted molar refractivity (Wildman–Crippen MR) is 91.5 cm³/mol. The summed E-state index contributed by atoms with van der Waals surface area (Å²) in [4.78, 5) is 23.8. The second-order valence-electron chi connectivity index (χ2n) is 6.11. The summed E-state index contributed by atoms with van der Waals surface area (Å²) < 4.78 is 15.7. The number of aliphatic carboxylic acids is 1. The van der Waals surface area contributed by atoms with Crippen molar-refractivity contribution in [1.29, 1.82) is 0 Å². The molecule has 1 fully saturated rings. The molecule has 1 saturated carbocycles. The van der Waals surface area contributed by atoms with E-state index < -0.39 is 11.9 Å². The Morgan fingerprint density at radius 1 is 1.08 bits per heavy atom.